The van der Waals surface area contributed by atoms with Gasteiger partial charge in [0, 0.05) is 88.1 Å². The molecule has 0 bridgehead atoms. The Morgan fingerprint density at radius 1 is 0.537 bits per heavy atom. The minimum Gasteiger partial charge on any atom is -0.306 e. The third-order valence-corrected chi connectivity index (χ3v) is 12.8. The Hall–Kier alpha value is -0.280. The van der Waals surface area contributed by atoms with Gasteiger partial charge in [-0.1, -0.05) is 0 Å². The normalized spacial score (nSPS) is 33.5. The number of piperazine rings is 1. The van der Waals surface area contributed by atoms with Gasteiger partial charge in [0.25, 0.3) is 0 Å². The molecule has 2 unspecified atom stereocenters. The van der Waals surface area contributed by atoms with Crippen LogP contribution in [0.3, 0.4) is 0 Å². The molecule has 5 heterocycles. The highest BCUT2D eigenvalue weighted by Crippen LogP contribution is 2.47. The van der Waals surface area contributed by atoms with Crippen LogP contribution in [-0.2, 0) is 0 Å². The predicted octanol–water partition coefficient (Wildman–Crippen LogP) is 3.21. The summed E-state index contributed by atoms with van der Waals surface area (Å²) in [7, 11) is 2.28. The van der Waals surface area contributed by atoms with Crippen LogP contribution in [0.15, 0.2) is 0 Å². The van der Waals surface area contributed by atoms with Crippen molar-refractivity contribution < 1.29 is 0 Å². The van der Waals surface area contributed by atoms with Crippen LogP contribution in [-0.4, -0.2) is 169 Å². The Kier molecular flexibility index (Phi) is 10.0. The van der Waals surface area contributed by atoms with Gasteiger partial charge < -0.3 is 9.80 Å². The molecule has 0 amide bonds. The minimum absolute atomic E-state index is 0.345. The first-order valence-electron chi connectivity index (χ1n) is 17.9. The Bertz CT molecular complexity index is 802. The predicted molar refractivity (Wildman–Crippen MR) is 172 cm³/mol. The van der Waals surface area contributed by atoms with Crippen molar-refractivity contribution in [3.8, 4) is 0 Å². The summed E-state index contributed by atoms with van der Waals surface area (Å²) in [5, 5.41) is 0. The summed E-state index contributed by atoms with van der Waals surface area (Å²) in [6.45, 7) is 28.1. The molecule has 41 heavy (non-hydrogen) atoms. The first kappa shape index (κ1) is 30.7. The Morgan fingerprint density at radius 3 is 1.51 bits per heavy atom. The van der Waals surface area contributed by atoms with E-state index in [0.29, 0.717) is 11.6 Å². The molecule has 2 atom stereocenters. The van der Waals surface area contributed by atoms with Gasteiger partial charge in [-0.25, -0.2) is 0 Å². The Balaban J connectivity index is 0.918. The molecule has 0 radical (unpaired) electrons. The second-order valence-corrected chi connectivity index (χ2v) is 15.7. The van der Waals surface area contributed by atoms with Crippen LogP contribution in [0.4, 0.5) is 0 Å². The Morgan fingerprint density at radius 2 is 0.976 bits per heavy atom. The molecule has 0 spiro atoms. The summed E-state index contributed by atoms with van der Waals surface area (Å²) in [6, 6.07) is 4.03. The van der Waals surface area contributed by atoms with E-state index in [-0.39, 0.29) is 0 Å². The van der Waals surface area contributed by atoms with Crippen molar-refractivity contribution in [3.63, 3.8) is 0 Å². The Labute approximate surface area is 253 Å². The summed E-state index contributed by atoms with van der Waals surface area (Å²) in [4.78, 5) is 19.6. The molecule has 5 saturated heterocycles. The molecular formula is C34H65N7. The molecule has 6 fully saturated rings. The van der Waals surface area contributed by atoms with Crippen molar-refractivity contribution in [3.05, 3.63) is 0 Å². The van der Waals surface area contributed by atoms with Crippen LogP contribution >= 0.6 is 0 Å². The molecule has 5 aliphatic heterocycles. The van der Waals surface area contributed by atoms with Crippen LogP contribution in [0.25, 0.3) is 0 Å². The first-order valence-corrected chi connectivity index (χ1v) is 17.9. The molecule has 0 aromatic rings. The van der Waals surface area contributed by atoms with Gasteiger partial charge in [-0.15, -0.1) is 0 Å². The number of rotatable bonds is 7. The molecule has 0 aromatic heterocycles. The highest BCUT2D eigenvalue weighted by Gasteiger charge is 2.53. The second kappa shape index (κ2) is 13.4. The van der Waals surface area contributed by atoms with Gasteiger partial charge in [0.2, 0.25) is 0 Å². The molecule has 7 heteroatoms. The fourth-order valence-corrected chi connectivity index (χ4v) is 9.64. The van der Waals surface area contributed by atoms with E-state index in [0.717, 1.165) is 30.1 Å². The smallest absolute Gasteiger partial charge is 0.0196 e. The zero-order valence-corrected chi connectivity index (χ0v) is 27.7. The molecule has 7 nitrogen and oxygen atoms in total. The van der Waals surface area contributed by atoms with Crippen LogP contribution in [0.1, 0.15) is 79.1 Å². The van der Waals surface area contributed by atoms with Gasteiger partial charge in [-0.2, -0.15) is 0 Å². The number of piperidine rings is 3. The second-order valence-electron chi connectivity index (χ2n) is 15.7. The van der Waals surface area contributed by atoms with Gasteiger partial charge in [-0.05, 0) is 131 Å². The average molecular weight is 572 g/mol. The number of nitrogens with zero attached hydrogens (tertiary/aromatic N) is 7. The summed E-state index contributed by atoms with van der Waals surface area (Å²) < 4.78 is 0. The van der Waals surface area contributed by atoms with E-state index in [1.54, 1.807) is 0 Å². The molecule has 6 aliphatic rings. The van der Waals surface area contributed by atoms with Gasteiger partial charge >= 0.3 is 0 Å². The van der Waals surface area contributed by atoms with Crippen LogP contribution in [0.5, 0.6) is 0 Å². The zero-order chi connectivity index (χ0) is 28.6. The molecule has 236 valence electrons. The van der Waals surface area contributed by atoms with E-state index in [1.165, 1.54) is 143 Å². The van der Waals surface area contributed by atoms with Crippen molar-refractivity contribution in [1.82, 2.24) is 34.3 Å². The van der Waals surface area contributed by atoms with Gasteiger partial charge in [-0.3, -0.25) is 24.5 Å². The molecule has 0 N–H and O–H groups in total. The lowest BCUT2D eigenvalue weighted by atomic mass is 9.90. The first-order chi connectivity index (χ1) is 19.8. The van der Waals surface area contributed by atoms with Crippen molar-refractivity contribution in [2.24, 2.45) is 5.92 Å². The van der Waals surface area contributed by atoms with E-state index in [2.05, 4.69) is 69.0 Å². The lowest BCUT2D eigenvalue weighted by Gasteiger charge is -2.48. The SMILES string of the molecule is CC(C)N1CCC(N2CCCN(C3CC3C(C)(C)N3CCC(N4CCN(C5CCN(C)CC5)CC4)CC3)CC2)CC1. The van der Waals surface area contributed by atoms with Crippen LogP contribution in [0, 0.1) is 5.92 Å². The summed E-state index contributed by atoms with van der Waals surface area (Å²) in [5.74, 6) is 0.859. The maximum absolute atomic E-state index is 2.91. The van der Waals surface area contributed by atoms with E-state index in [9.17, 15) is 0 Å². The van der Waals surface area contributed by atoms with Crippen molar-refractivity contribution in [2.75, 3.05) is 98.7 Å². The summed E-state index contributed by atoms with van der Waals surface area (Å²) in [5.41, 5.74) is 0.345. The van der Waals surface area contributed by atoms with Crippen LogP contribution < -0.4 is 0 Å². The van der Waals surface area contributed by atoms with Crippen molar-refractivity contribution in [2.45, 2.75) is 115 Å². The highest BCUT2D eigenvalue weighted by atomic mass is 15.3. The number of likely N-dealkylation sites (tertiary alicyclic amines) is 3. The maximum Gasteiger partial charge on any atom is 0.0196 e. The standard InChI is InChI=1S/C34H65N7/c1-28(2)36-17-9-30(10-18-36)37-13-6-14-40(26-25-37)33-27-32(33)34(3,4)41-19-11-31(12-20-41)39-23-21-38(22-24-39)29-7-15-35(5)16-8-29/h28-33H,6-27H2,1-5H3. The fourth-order valence-electron chi connectivity index (χ4n) is 9.64. The van der Waals surface area contributed by atoms with Gasteiger partial charge in [0.15, 0.2) is 0 Å². The molecule has 1 saturated carbocycles. The molecular weight excluding hydrogens is 506 g/mol. The fraction of sp³-hybridized carbons (Fsp3) is 1.00. The van der Waals surface area contributed by atoms with E-state index in [1.807, 2.05) is 0 Å². The van der Waals surface area contributed by atoms with E-state index < -0.39 is 0 Å². The largest absolute Gasteiger partial charge is 0.306 e. The highest BCUT2D eigenvalue weighted by molar-refractivity contribution is 5.08. The third-order valence-electron chi connectivity index (χ3n) is 12.8. The van der Waals surface area contributed by atoms with Crippen LogP contribution in [0.2, 0.25) is 0 Å². The maximum atomic E-state index is 2.91. The number of hydrogen-bond acceptors (Lipinski definition) is 7. The zero-order valence-electron chi connectivity index (χ0n) is 27.7. The van der Waals surface area contributed by atoms with Crippen molar-refractivity contribution in [1.29, 1.82) is 0 Å². The minimum atomic E-state index is 0.345. The summed E-state index contributed by atoms with van der Waals surface area (Å²) in [6.07, 6.45) is 11.1. The lowest BCUT2D eigenvalue weighted by Crippen LogP contribution is -2.58. The van der Waals surface area contributed by atoms with E-state index >= 15 is 0 Å². The molecule has 1 aliphatic carbocycles. The topological polar surface area (TPSA) is 22.7 Å². The van der Waals surface area contributed by atoms with E-state index in [4.69, 9.17) is 0 Å². The van der Waals surface area contributed by atoms with Crippen molar-refractivity contribution >= 4 is 0 Å². The number of hydrogen-bond donors (Lipinski definition) is 0. The average Bonchev–Trinajstić information content (AvgIpc) is 3.82. The lowest BCUT2D eigenvalue weighted by molar-refractivity contribution is 0.00369. The third kappa shape index (κ3) is 7.18. The molecule has 6 rings (SSSR count). The monoisotopic (exact) mass is 572 g/mol. The molecule has 0 aromatic carbocycles. The van der Waals surface area contributed by atoms with Gasteiger partial charge in [0.05, 0.1) is 0 Å². The van der Waals surface area contributed by atoms with Gasteiger partial charge in [0.1, 0.15) is 0 Å². The quantitative estimate of drug-likeness (QED) is 0.462. The summed E-state index contributed by atoms with van der Waals surface area (Å²) >= 11 is 0.